The molecule has 1 saturated heterocycles. The molecule has 1 unspecified atom stereocenters. The number of hydrogen-bond acceptors (Lipinski definition) is 3. The summed E-state index contributed by atoms with van der Waals surface area (Å²) in [5.74, 6) is 2.05. The van der Waals surface area contributed by atoms with Crippen LogP contribution in [0.3, 0.4) is 0 Å². The lowest BCUT2D eigenvalue weighted by molar-refractivity contribution is 0.221. The minimum absolute atomic E-state index is 0.276. The zero-order valence-corrected chi connectivity index (χ0v) is 10.7. The number of rotatable bonds is 3. The van der Waals surface area contributed by atoms with Crippen molar-refractivity contribution in [2.24, 2.45) is 0 Å². The van der Waals surface area contributed by atoms with Crippen LogP contribution in [0.1, 0.15) is 31.8 Å². The second-order valence-electron chi connectivity index (χ2n) is 5.55. The molecule has 0 radical (unpaired) electrons. The third kappa shape index (κ3) is 2.66. The zero-order valence-electron chi connectivity index (χ0n) is 10.7. The van der Waals surface area contributed by atoms with Crippen LogP contribution in [0.4, 0.5) is 0 Å². The van der Waals surface area contributed by atoms with E-state index in [1.54, 1.807) is 0 Å². The Labute approximate surface area is 97.8 Å². The summed E-state index contributed by atoms with van der Waals surface area (Å²) in [6.45, 7) is 8.49. The molecule has 0 spiro atoms. The lowest BCUT2D eigenvalue weighted by Crippen LogP contribution is -2.32. The highest BCUT2D eigenvalue weighted by atomic mass is 16.3. The van der Waals surface area contributed by atoms with Gasteiger partial charge in [0.05, 0.1) is 6.54 Å². The van der Waals surface area contributed by atoms with Crippen molar-refractivity contribution < 1.29 is 4.42 Å². The molecule has 1 fully saturated rings. The Kier molecular flexibility index (Phi) is 3.08. The molecule has 0 aromatic carbocycles. The highest BCUT2D eigenvalue weighted by molar-refractivity contribution is 5.06. The normalized spacial score (nSPS) is 24.2. The Morgan fingerprint density at radius 1 is 1.50 bits per heavy atom. The van der Waals surface area contributed by atoms with Crippen LogP contribution in [0.25, 0.3) is 0 Å². The zero-order chi connectivity index (χ0) is 11.8. The van der Waals surface area contributed by atoms with Gasteiger partial charge >= 0.3 is 0 Å². The fourth-order valence-corrected chi connectivity index (χ4v) is 2.38. The summed E-state index contributed by atoms with van der Waals surface area (Å²) < 4.78 is 5.60. The van der Waals surface area contributed by atoms with Gasteiger partial charge in [-0.2, -0.15) is 0 Å². The first-order valence-corrected chi connectivity index (χ1v) is 5.97. The quantitative estimate of drug-likeness (QED) is 0.849. The van der Waals surface area contributed by atoms with Gasteiger partial charge in [-0.3, -0.25) is 4.90 Å². The van der Waals surface area contributed by atoms with E-state index in [1.807, 2.05) is 13.0 Å². The maximum atomic E-state index is 5.60. The average molecular weight is 222 g/mol. The summed E-state index contributed by atoms with van der Waals surface area (Å²) in [5, 5.41) is 3.55. The van der Waals surface area contributed by atoms with Gasteiger partial charge < -0.3 is 9.73 Å². The van der Waals surface area contributed by atoms with E-state index in [4.69, 9.17) is 4.42 Å². The molecule has 1 aromatic heterocycles. The summed E-state index contributed by atoms with van der Waals surface area (Å²) in [4.78, 5) is 2.38. The standard InChI is InChI=1S/C13H22N2O/c1-10-5-6-12(16-10)9-15(4)11-7-13(2,3)14-8-11/h5-6,11,14H,7-9H2,1-4H3. The third-order valence-corrected chi connectivity index (χ3v) is 3.39. The topological polar surface area (TPSA) is 28.4 Å². The number of hydrogen-bond donors (Lipinski definition) is 1. The smallest absolute Gasteiger partial charge is 0.118 e. The number of nitrogens with zero attached hydrogens (tertiary/aromatic N) is 1. The molecule has 1 aliphatic rings. The van der Waals surface area contributed by atoms with E-state index in [0.29, 0.717) is 6.04 Å². The van der Waals surface area contributed by atoms with E-state index >= 15 is 0 Å². The van der Waals surface area contributed by atoms with Gasteiger partial charge in [-0.15, -0.1) is 0 Å². The summed E-state index contributed by atoms with van der Waals surface area (Å²) in [6.07, 6.45) is 1.20. The van der Waals surface area contributed by atoms with Gasteiger partial charge in [-0.25, -0.2) is 0 Å². The van der Waals surface area contributed by atoms with E-state index in [1.165, 1.54) is 6.42 Å². The Balaban J connectivity index is 1.91. The summed E-state index contributed by atoms with van der Waals surface area (Å²) in [6, 6.07) is 4.71. The van der Waals surface area contributed by atoms with Crippen molar-refractivity contribution in [1.29, 1.82) is 0 Å². The summed E-state index contributed by atoms with van der Waals surface area (Å²) in [5.41, 5.74) is 0.276. The molecule has 1 aromatic rings. The summed E-state index contributed by atoms with van der Waals surface area (Å²) >= 11 is 0. The fraction of sp³-hybridized carbons (Fsp3) is 0.692. The molecule has 0 aliphatic carbocycles. The fourth-order valence-electron chi connectivity index (χ4n) is 2.38. The van der Waals surface area contributed by atoms with Crippen LogP contribution in [0.15, 0.2) is 16.5 Å². The lowest BCUT2D eigenvalue weighted by atomic mass is 10.0. The Bertz CT molecular complexity index is 357. The molecule has 90 valence electrons. The minimum Gasteiger partial charge on any atom is -0.465 e. The molecule has 16 heavy (non-hydrogen) atoms. The van der Waals surface area contributed by atoms with Crippen LogP contribution in [0.2, 0.25) is 0 Å². The van der Waals surface area contributed by atoms with E-state index in [2.05, 4.69) is 37.2 Å². The van der Waals surface area contributed by atoms with Gasteiger partial charge in [0.2, 0.25) is 0 Å². The maximum Gasteiger partial charge on any atom is 0.118 e. The molecule has 0 amide bonds. The SMILES string of the molecule is Cc1ccc(CN(C)C2CNC(C)(C)C2)o1. The predicted molar refractivity (Wildman–Crippen MR) is 65.4 cm³/mol. The van der Waals surface area contributed by atoms with E-state index < -0.39 is 0 Å². The molecule has 1 N–H and O–H groups in total. The van der Waals surface area contributed by atoms with Crippen LogP contribution in [0, 0.1) is 6.92 Å². The second kappa shape index (κ2) is 4.22. The van der Waals surface area contributed by atoms with Gasteiger partial charge in [-0.1, -0.05) is 0 Å². The van der Waals surface area contributed by atoms with Gasteiger partial charge in [0, 0.05) is 18.1 Å². The Morgan fingerprint density at radius 3 is 2.75 bits per heavy atom. The van der Waals surface area contributed by atoms with Crippen molar-refractivity contribution in [3.63, 3.8) is 0 Å². The third-order valence-electron chi connectivity index (χ3n) is 3.39. The molecule has 0 bridgehead atoms. The molecule has 0 saturated carbocycles. The molecular weight excluding hydrogens is 200 g/mol. The maximum absolute atomic E-state index is 5.60. The number of nitrogens with one attached hydrogen (secondary N) is 1. The number of likely N-dealkylation sites (N-methyl/N-ethyl adjacent to an activating group) is 1. The van der Waals surface area contributed by atoms with E-state index in [0.717, 1.165) is 24.6 Å². The largest absolute Gasteiger partial charge is 0.465 e. The van der Waals surface area contributed by atoms with Crippen LogP contribution in [-0.4, -0.2) is 30.1 Å². The van der Waals surface area contributed by atoms with Crippen LogP contribution >= 0.6 is 0 Å². The van der Waals surface area contributed by atoms with E-state index in [9.17, 15) is 0 Å². The highest BCUT2D eigenvalue weighted by Crippen LogP contribution is 2.22. The number of furan rings is 1. The first kappa shape index (κ1) is 11.7. The van der Waals surface area contributed by atoms with Crippen LogP contribution in [0.5, 0.6) is 0 Å². The Morgan fingerprint density at radius 2 is 2.25 bits per heavy atom. The molecule has 3 heteroatoms. The van der Waals surface area contributed by atoms with Crippen molar-refractivity contribution in [3.05, 3.63) is 23.7 Å². The molecule has 2 heterocycles. The van der Waals surface area contributed by atoms with Crippen molar-refractivity contribution in [2.75, 3.05) is 13.6 Å². The van der Waals surface area contributed by atoms with Gasteiger partial charge in [0.25, 0.3) is 0 Å². The first-order chi connectivity index (χ1) is 7.46. The second-order valence-corrected chi connectivity index (χ2v) is 5.55. The van der Waals surface area contributed by atoms with Crippen molar-refractivity contribution >= 4 is 0 Å². The number of aryl methyl sites for hydroxylation is 1. The van der Waals surface area contributed by atoms with Crippen molar-refractivity contribution in [2.45, 2.75) is 45.3 Å². The molecule has 3 nitrogen and oxygen atoms in total. The Hall–Kier alpha value is -0.800. The molecular formula is C13H22N2O. The van der Waals surface area contributed by atoms with Crippen LogP contribution in [-0.2, 0) is 6.54 Å². The molecule has 1 atom stereocenters. The highest BCUT2D eigenvalue weighted by Gasteiger charge is 2.32. The molecule has 2 rings (SSSR count). The van der Waals surface area contributed by atoms with Gasteiger partial charge in [-0.05, 0) is 46.4 Å². The van der Waals surface area contributed by atoms with Crippen LogP contribution < -0.4 is 5.32 Å². The molecule has 1 aliphatic heterocycles. The van der Waals surface area contributed by atoms with Gasteiger partial charge in [0.1, 0.15) is 11.5 Å². The van der Waals surface area contributed by atoms with Crippen molar-refractivity contribution in [3.8, 4) is 0 Å². The van der Waals surface area contributed by atoms with Crippen molar-refractivity contribution in [1.82, 2.24) is 10.2 Å². The van der Waals surface area contributed by atoms with Gasteiger partial charge in [0.15, 0.2) is 0 Å². The first-order valence-electron chi connectivity index (χ1n) is 5.97. The lowest BCUT2D eigenvalue weighted by Gasteiger charge is -2.24. The summed E-state index contributed by atoms with van der Waals surface area (Å²) in [7, 11) is 2.17. The predicted octanol–water partition coefficient (Wildman–Crippen LogP) is 2.16. The minimum atomic E-state index is 0.276. The van der Waals surface area contributed by atoms with E-state index in [-0.39, 0.29) is 5.54 Å². The average Bonchev–Trinajstić information content (AvgIpc) is 2.72. The monoisotopic (exact) mass is 222 g/mol.